The second kappa shape index (κ2) is 10.9. The molecule has 2 aliphatic rings. The van der Waals surface area contributed by atoms with E-state index >= 15 is 0 Å². The maximum absolute atomic E-state index is 13.1. The zero-order valence-corrected chi connectivity index (χ0v) is 21.7. The van der Waals surface area contributed by atoms with Gasteiger partial charge in [-0.3, -0.25) is 14.7 Å². The molecule has 37 heavy (non-hydrogen) atoms. The smallest absolute Gasteiger partial charge is 0.170 e. The molecule has 0 unspecified atom stereocenters. The molecule has 0 N–H and O–H groups in total. The standard InChI is InChI=1S/C29H34N6O2/c1-3-22-5-7-28(32-17-22)35-21(2)25(19-33-35)26(36)16-23-4-6-27(31-18-23)29(20-30)10-8-24(9-11-29)34-12-14-37-15-13-34/h4-7,17-19,24H,3,8-16H2,1-2H3. The molecule has 4 heterocycles. The van der Waals surface area contributed by atoms with Crippen LogP contribution in [0.1, 0.15) is 65.5 Å². The molecule has 8 heteroatoms. The molecule has 0 radical (unpaired) electrons. The third kappa shape index (κ3) is 5.20. The van der Waals surface area contributed by atoms with Crippen LogP contribution in [-0.2, 0) is 23.0 Å². The Labute approximate surface area is 218 Å². The van der Waals surface area contributed by atoms with Gasteiger partial charge in [-0.2, -0.15) is 10.4 Å². The first-order valence-corrected chi connectivity index (χ1v) is 13.2. The van der Waals surface area contributed by atoms with Crippen molar-refractivity contribution in [1.82, 2.24) is 24.6 Å². The fraction of sp³-hybridized carbons (Fsp3) is 0.483. The molecule has 5 rings (SSSR count). The highest BCUT2D eigenvalue weighted by molar-refractivity contribution is 5.98. The molecule has 3 aromatic heterocycles. The van der Waals surface area contributed by atoms with Gasteiger partial charge in [0.05, 0.1) is 47.8 Å². The van der Waals surface area contributed by atoms with E-state index in [1.54, 1.807) is 17.1 Å². The molecule has 0 bridgehead atoms. The van der Waals surface area contributed by atoms with E-state index in [1.807, 2.05) is 37.4 Å². The second-order valence-electron chi connectivity index (χ2n) is 10.2. The number of Topliss-reactive ketones (excluding diaryl/α,β-unsaturated/α-hetero) is 1. The summed E-state index contributed by atoms with van der Waals surface area (Å²) in [7, 11) is 0. The van der Waals surface area contributed by atoms with Crippen LogP contribution in [0.4, 0.5) is 0 Å². The highest BCUT2D eigenvalue weighted by atomic mass is 16.5. The number of rotatable bonds is 7. The van der Waals surface area contributed by atoms with Crippen LogP contribution in [0, 0.1) is 18.3 Å². The third-order valence-electron chi connectivity index (χ3n) is 8.01. The van der Waals surface area contributed by atoms with Gasteiger partial charge >= 0.3 is 0 Å². The Morgan fingerprint density at radius 3 is 2.43 bits per heavy atom. The Hall–Kier alpha value is -3.41. The number of pyridine rings is 2. The van der Waals surface area contributed by atoms with Crippen LogP contribution < -0.4 is 0 Å². The van der Waals surface area contributed by atoms with E-state index in [9.17, 15) is 10.1 Å². The van der Waals surface area contributed by atoms with E-state index in [1.165, 1.54) is 0 Å². The van der Waals surface area contributed by atoms with E-state index in [2.05, 4.69) is 33.0 Å². The van der Waals surface area contributed by atoms with Crippen molar-refractivity contribution < 1.29 is 9.53 Å². The van der Waals surface area contributed by atoms with Crippen molar-refractivity contribution >= 4 is 5.78 Å². The first kappa shape index (κ1) is 25.2. The Kier molecular flexibility index (Phi) is 7.45. The van der Waals surface area contributed by atoms with E-state index in [4.69, 9.17) is 4.74 Å². The molecule has 192 valence electrons. The quantitative estimate of drug-likeness (QED) is 0.454. The number of nitriles is 1. The molecule has 3 aromatic rings. The highest BCUT2D eigenvalue weighted by Crippen LogP contribution is 2.39. The Morgan fingerprint density at radius 2 is 1.81 bits per heavy atom. The summed E-state index contributed by atoms with van der Waals surface area (Å²) < 4.78 is 7.20. The normalized spacial score (nSPS) is 22.5. The maximum Gasteiger partial charge on any atom is 0.170 e. The van der Waals surface area contributed by atoms with Crippen molar-refractivity contribution in [2.45, 2.75) is 63.8 Å². The summed E-state index contributed by atoms with van der Waals surface area (Å²) in [5.74, 6) is 0.689. The molecule has 1 saturated heterocycles. The van der Waals surface area contributed by atoms with Crippen molar-refractivity contribution in [3.8, 4) is 11.9 Å². The molecule has 0 spiro atoms. The summed E-state index contributed by atoms with van der Waals surface area (Å²) >= 11 is 0. The number of morpholine rings is 1. The van der Waals surface area contributed by atoms with Crippen molar-refractivity contribution in [3.05, 3.63) is 70.9 Å². The third-order valence-corrected chi connectivity index (χ3v) is 8.01. The number of hydrogen-bond acceptors (Lipinski definition) is 7. The van der Waals surface area contributed by atoms with E-state index < -0.39 is 5.41 Å². The minimum atomic E-state index is -0.552. The van der Waals surface area contributed by atoms with Crippen LogP contribution >= 0.6 is 0 Å². The summed E-state index contributed by atoms with van der Waals surface area (Å²) in [5.41, 5.74) is 3.61. The number of carbonyl (C=O) groups excluding carboxylic acids is 1. The highest BCUT2D eigenvalue weighted by Gasteiger charge is 2.40. The molecule has 2 fully saturated rings. The summed E-state index contributed by atoms with van der Waals surface area (Å²) in [5, 5.41) is 14.5. The molecular weight excluding hydrogens is 464 g/mol. The summed E-state index contributed by atoms with van der Waals surface area (Å²) in [4.78, 5) is 24.8. The van der Waals surface area contributed by atoms with Crippen molar-refractivity contribution in [1.29, 1.82) is 5.26 Å². The van der Waals surface area contributed by atoms with Crippen LogP contribution in [0.5, 0.6) is 0 Å². The van der Waals surface area contributed by atoms with Crippen LogP contribution in [-0.4, -0.2) is 62.8 Å². The molecule has 0 atom stereocenters. The van der Waals surface area contributed by atoms with Gasteiger partial charge < -0.3 is 4.74 Å². The van der Waals surface area contributed by atoms with Crippen molar-refractivity contribution in [2.24, 2.45) is 0 Å². The number of aryl methyl sites for hydroxylation is 1. The molecule has 1 saturated carbocycles. The van der Waals surface area contributed by atoms with E-state index in [-0.39, 0.29) is 12.2 Å². The topological polar surface area (TPSA) is 96.9 Å². The number of aromatic nitrogens is 4. The first-order chi connectivity index (χ1) is 18.0. The van der Waals surface area contributed by atoms with Crippen LogP contribution in [0.15, 0.2) is 42.9 Å². The van der Waals surface area contributed by atoms with Gasteiger partial charge in [0, 0.05) is 37.9 Å². The fourth-order valence-corrected chi connectivity index (χ4v) is 5.59. The van der Waals surface area contributed by atoms with Crippen molar-refractivity contribution in [3.63, 3.8) is 0 Å². The fourth-order valence-electron chi connectivity index (χ4n) is 5.59. The number of carbonyl (C=O) groups is 1. The maximum atomic E-state index is 13.1. The van der Waals surface area contributed by atoms with Crippen molar-refractivity contribution in [2.75, 3.05) is 26.3 Å². The lowest BCUT2D eigenvalue weighted by Gasteiger charge is -2.41. The Balaban J connectivity index is 1.24. The van der Waals surface area contributed by atoms with Crippen LogP contribution in [0.3, 0.4) is 0 Å². The molecule has 0 aromatic carbocycles. The molecule has 1 aliphatic carbocycles. The molecule has 1 aliphatic heterocycles. The largest absolute Gasteiger partial charge is 0.379 e. The lowest BCUT2D eigenvalue weighted by Crippen LogP contribution is -2.47. The van der Waals surface area contributed by atoms with Gasteiger partial charge in [0.25, 0.3) is 0 Å². The summed E-state index contributed by atoms with van der Waals surface area (Å²) in [6, 6.07) is 10.9. The SMILES string of the molecule is CCc1ccc(-n2ncc(C(=O)Cc3ccc(C4(C#N)CCC(N5CCOCC5)CC4)nc3)c2C)nc1. The predicted octanol–water partition coefficient (Wildman–Crippen LogP) is 3.99. The van der Waals surface area contributed by atoms with Gasteiger partial charge in [0.2, 0.25) is 0 Å². The minimum absolute atomic E-state index is 0.00973. The van der Waals surface area contributed by atoms with E-state index in [0.29, 0.717) is 17.4 Å². The van der Waals surface area contributed by atoms with Gasteiger partial charge in [-0.25, -0.2) is 9.67 Å². The van der Waals surface area contributed by atoms with Gasteiger partial charge in [0.1, 0.15) is 0 Å². The monoisotopic (exact) mass is 498 g/mol. The van der Waals surface area contributed by atoms with E-state index in [0.717, 1.165) is 80.9 Å². The second-order valence-corrected chi connectivity index (χ2v) is 10.2. The molecule has 8 nitrogen and oxygen atoms in total. The van der Waals surface area contributed by atoms with Gasteiger partial charge in [-0.15, -0.1) is 0 Å². The van der Waals surface area contributed by atoms with Gasteiger partial charge in [-0.1, -0.05) is 19.1 Å². The molecular formula is C29H34N6O2. The lowest BCUT2D eigenvalue weighted by atomic mass is 9.71. The Morgan fingerprint density at radius 1 is 1.08 bits per heavy atom. The van der Waals surface area contributed by atoms with Crippen LogP contribution in [0.25, 0.3) is 5.82 Å². The lowest BCUT2D eigenvalue weighted by molar-refractivity contribution is 0.00493. The number of ketones is 1. The first-order valence-electron chi connectivity index (χ1n) is 13.2. The zero-order valence-electron chi connectivity index (χ0n) is 21.7. The van der Waals surface area contributed by atoms with Gasteiger partial charge in [0.15, 0.2) is 11.6 Å². The zero-order chi connectivity index (χ0) is 25.8. The predicted molar refractivity (Wildman–Crippen MR) is 140 cm³/mol. The number of ether oxygens (including phenoxy) is 1. The molecule has 0 amide bonds. The number of nitrogens with zero attached hydrogens (tertiary/aromatic N) is 6. The van der Waals surface area contributed by atoms with Gasteiger partial charge in [-0.05, 0) is 62.3 Å². The van der Waals surface area contributed by atoms with Crippen LogP contribution in [0.2, 0.25) is 0 Å². The number of hydrogen-bond donors (Lipinski definition) is 0. The minimum Gasteiger partial charge on any atom is -0.379 e. The average Bonchev–Trinajstić information content (AvgIpc) is 3.35. The summed E-state index contributed by atoms with van der Waals surface area (Å²) in [6.45, 7) is 7.53. The summed E-state index contributed by atoms with van der Waals surface area (Å²) in [6.07, 6.45) is 9.98. The average molecular weight is 499 g/mol. The Bertz CT molecular complexity index is 1260.